The second-order valence-corrected chi connectivity index (χ2v) is 3.66. The van der Waals surface area contributed by atoms with Gasteiger partial charge in [-0.05, 0) is 20.8 Å². The predicted molar refractivity (Wildman–Crippen MR) is 55.4 cm³/mol. The Kier molecular flexibility index (Phi) is 7.70. The van der Waals surface area contributed by atoms with E-state index in [1.165, 1.54) is 0 Å². The molecular weight excluding hydrogens is 223 g/mol. The van der Waals surface area contributed by atoms with E-state index in [4.69, 9.17) is 9.47 Å². The maximum Gasteiger partial charge on any atom is 0.401 e. The summed E-state index contributed by atoms with van der Waals surface area (Å²) in [5, 5.41) is 2.30. The van der Waals surface area contributed by atoms with Crippen LogP contribution in [-0.4, -0.2) is 44.7 Å². The normalized spacial score (nSPS) is 16.1. The van der Waals surface area contributed by atoms with Gasteiger partial charge in [0.1, 0.15) is 0 Å². The minimum atomic E-state index is -4.17. The van der Waals surface area contributed by atoms with Crippen molar-refractivity contribution in [1.82, 2.24) is 5.32 Å². The summed E-state index contributed by atoms with van der Waals surface area (Å²) in [5.74, 6) is 0. The lowest BCUT2D eigenvalue weighted by Crippen LogP contribution is -2.36. The Labute approximate surface area is 94.3 Å². The summed E-state index contributed by atoms with van der Waals surface area (Å²) >= 11 is 0. The van der Waals surface area contributed by atoms with Crippen molar-refractivity contribution in [3.05, 3.63) is 0 Å². The van der Waals surface area contributed by atoms with Gasteiger partial charge in [0, 0.05) is 13.2 Å². The maximum absolute atomic E-state index is 11.8. The molecule has 0 aliphatic rings. The molecule has 0 heterocycles. The summed E-state index contributed by atoms with van der Waals surface area (Å²) in [4.78, 5) is 0. The van der Waals surface area contributed by atoms with E-state index in [-0.39, 0.29) is 18.8 Å². The van der Waals surface area contributed by atoms with Gasteiger partial charge in [0.05, 0.1) is 25.4 Å². The topological polar surface area (TPSA) is 30.5 Å². The summed E-state index contributed by atoms with van der Waals surface area (Å²) < 4.78 is 46.0. The molecule has 1 N–H and O–H groups in total. The Balaban J connectivity index is 3.54. The molecule has 0 fully saturated rings. The first kappa shape index (κ1) is 15.7. The summed E-state index contributed by atoms with van der Waals surface area (Å²) in [6.45, 7) is 5.69. The van der Waals surface area contributed by atoms with Crippen LogP contribution in [0.3, 0.4) is 0 Å². The summed E-state index contributed by atoms with van der Waals surface area (Å²) in [7, 11) is 0. The van der Waals surface area contributed by atoms with E-state index in [1.807, 2.05) is 13.8 Å². The van der Waals surface area contributed by atoms with Crippen molar-refractivity contribution in [2.24, 2.45) is 0 Å². The molecule has 0 spiro atoms. The highest BCUT2D eigenvalue weighted by molar-refractivity contribution is 4.61. The lowest BCUT2D eigenvalue weighted by Gasteiger charge is -2.19. The number of hydrogen-bond acceptors (Lipinski definition) is 3. The van der Waals surface area contributed by atoms with Gasteiger partial charge >= 0.3 is 6.18 Å². The van der Waals surface area contributed by atoms with Gasteiger partial charge in [0.15, 0.2) is 0 Å². The van der Waals surface area contributed by atoms with E-state index in [0.29, 0.717) is 13.2 Å². The van der Waals surface area contributed by atoms with E-state index in [9.17, 15) is 13.2 Å². The highest BCUT2D eigenvalue weighted by Crippen LogP contribution is 2.12. The van der Waals surface area contributed by atoms with Crippen molar-refractivity contribution in [2.45, 2.75) is 39.2 Å². The average Bonchev–Trinajstić information content (AvgIpc) is 2.12. The maximum atomic E-state index is 11.8. The molecular formula is C10H20F3NO2. The molecule has 2 unspecified atom stereocenters. The number of ether oxygens (including phenoxy) is 2. The molecule has 0 aromatic carbocycles. The van der Waals surface area contributed by atoms with E-state index in [2.05, 4.69) is 5.32 Å². The minimum Gasteiger partial charge on any atom is -0.379 e. The van der Waals surface area contributed by atoms with Crippen LogP contribution in [0.4, 0.5) is 13.2 Å². The molecule has 2 atom stereocenters. The number of halogens is 3. The quantitative estimate of drug-likeness (QED) is 0.707. The third-order valence-electron chi connectivity index (χ3n) is 1.78. The third-order valence-corrected chi connectivity index (χ3v) is 1.78. The van der Waals surface area contributed by atoms with Crippen LogP contribution in [-0.2, 0) is 9.47 Å². The third kappa shape index (κ3) is 10.2. The van der Waals surface area contributed by atoms with E-state index in [0.717, 1.165) is 0 Å². The molecule has 0 aliphatic heterocycles. The van der Waals surface area contributed by atoms with Gasteiger partial charge in [-0.2, -0.15) is 13.2 Å². The zero-order valence-corrected chi connectivity index (χ0v) is 9.93. The van der Waals surface area contributed by atoms with Crippen LogP contribution in [0.5, 0.6) is 0 Å². The lowest BCUT2D eigenvalue weighted by molar-refractivity contribution is -0.126. The van der Waals surface area contributed by atoms with Gasteiger partial charge in [-0.15, -0.1) is 0 Å². The smallest absolute Gasteiger partial charge is 0.379 e. The predicted octanol–water partition coefficient (Wildman–Crippen LogP) is 1.97. The van der Waals surface area contributed by atoms with Crippen molar-refractivity contribution in [2.75, 3.05) is 26.3 Å². The average molecular weight is 243 g/mol. The van der Waals surface area contributed by atoms with Crippen molar-refractivity contribution >= 4 is 0 Å². The minimum absolute atomic E-state index is 0.109. The highest BCUT2D eigenvalue weighted by atomic mass is 19.4. The van der Waals surface area contributed by atoms with Gasteiger partial charge in [-0.25, -0.2) is 0 Å². The Morgan fingerprint density at radius 2 is 1.81 bits per heavy atom. The second-order valence-electron chi connectivity index (χ2n) is 3.66. The largest absolute Gasteiger partial charge is 0.401 e. The monoisotopic (exact) mass is 243 g/mol. The number of rotatable bonds is 8. The van der Waals surface area contributed by atoms with Crippen molar-refractivity contribution in [1.29, 1.82) is 0 Å². The molecule has 0 saturated carbocycles. The van der Waals surface area contributed by atoms with Gasteiger partial charge < -0.3 is 14.8 Å². The summed E-state index contributed by atoms with van der Waals surface area (Å²) in [5.41, 5.74) is 0. The van der Waals surface area contributed by atoms with E-state index in [1.54, 1.807) is 6.92 Å². The van der Waals surface area contributed by atoms with E-state index < -0.39 is 12.7 Å². The van der Waals surface area contributed by atoms with Crippen LogP contribution < -0.4 is 5.32 Å². The Morgan fingerprint density at radius 1 is 1.19 bits per heavy atom. The van der Waals surface area contributed by atoms with Gasteiger partial charge in [0.2, 0.25) is 0 Å². The molecule has 0 aromatic rings. The number of nitrogens with one attached hydrogen (secondary N) is 1. The fourth-order valence-corrected chi connectivity index (χ4v) is 1.18. The first-order valence-electron chi connectivity index (χ1n) is 5.35. The highest BCUT2D eigenvalue weighted by Gasteiger charge is 2.26. The first-order valence-corrected chi connectivity index (χ1v) is 5.35. The molecule has 0 aromatic heterocycles. The SMILES string of the molecule is CCOCC(C)OC(C)CNCC(F)(F)F. The lowest BCUT2D eigenvalue weighted by atomic mass is 10.3. The molecule has 0 bridgehead atoms. The Bertz CT molecular complexity index is 176. The van der Waals surface area contributed by atoms with E-state index >= 15 is 0 Å². The molecule has 0 amide bonds. The Morgan fingerprint density at radius 3 is 2.31 bits per heavy atom. The van der Waals surface area contributed by atoms with Crippen LogP contribution in [0.15, 0.2) is 0 Å². The van der Waals surface area contributed by atoms with Crippen LogP contribution in [0.25, 0.3) is 0 Å². The molecule has 16 heavy (non-hydrogen) atoms. The van der Waals surface area contributed by atoms with Gasteiger partial charge in [-0.1, -0.05) is 0 Å². The Hall–Kier alpha value is -0.330. The standard InChI is InChI=1S/C10H20F3NO2/c1-4-15-6-9(3)16-8(2)5-14-7-10(11,12)13/h8-9,14H,4-7H2,1-3H3. The molecule has 3 nitrogen and oxygen atoms in total. The molecule has 0 rings (SSSR count). The number of hydrogen-bond donors (Lipinski definition) is 1. The molecule has 98 valence electrons. The molecule has 0 aliphatic carbocycles. The fraction of sp³-hybridized carbons (Fsp3) is 1.00. The van der Waals surface area contributed by atoms with Gasteiger partial charge in [-0.3, -0.25) is 0 Å². The zero-order valence-electron chi connectivity index (χ0n) is 9.93. The van der Waals surface area contributed by atoms with Crippen LogP contribution >= 0.6 is 0 Å². The van der Waals surface area contributed by atoms with Crippen LogP contribution in [0, 0.1) is 0 Å². The van der Waals surface area contributed by atoms with Crippen LogP contribution in [0.2, 0.25) is 0 Å². The van der Waals surface area contributed by atoms with Gasteiger partial charge in [0.25, 0.3) is 0 Å². The van der Waals surface area contributed by atoms with Crippen molar-refractivity contribution < 1.29 is 22.6 Å². The van der Waals surface area contributed by atoms with Crippen LogP contribution in [0.1, 0.15) is 20.8 Å². The molecule has 0 saturated heterocycles. The fourth-order valence-electron chi connectivity index (χ4n) is 1.18. The molecule has 6 heteroatoms. The number of alkyl halides is 3. The second kappa shape index (κ2) is 7.86. The van der Waals surface area contributed by atoms with Crippen molar-refractivity contribution in [3.8, 4) is 0 Å². The van der Waals surface area contributed by atoms with Crippen molar-refractivity contribution in [3.63, 3.8) is 0 Å². The summed E-state index contributed by atoms with van der Waals surface area (Å²) in [6, 6.07) is 0. The summed E-state index contributed by atoms with van der Waals surface area (Å²) in [6.07, 6.45) is -4.54. The zero-order chi connectivity index (χ0) is 12.6. The molecule has 0 radical (unpaired) electrons. The first-order chi connectivity index (χ1) is 7.35.